The van der Waals surface area contributed by atoms with Crippen molar-refractivity contribution < 1.29 is 4.74 Å². The third-order valence-corrected chi connectivity index (χ3v) is 6.27. The van der Waals surface area contributed by atoms with Gasteiger partial charge < -0.3 is 24.7 Å². The summed E-state index contributed by atoms with van der Waals surface area (Å²) in [6, 6.07) is 15.2. The van der Waals surface area contributed by atoms with Crippen molar-refractivity contribution in [3.63, 3.8) is 0 Å². The highest BCUT2D eigenvalue weighted by Crippen LogP contribution is 2.28. The van der Waals surface area contributed by atoms with Crippen molar-refractivity contribution in [1.29, 1.82) is 0 Å². The first-order valence-corrected chi connectivity index (χ1v) is 11.2. The van der Waals surface area contributed by atoms with Crippen molar-refractivity contribution in [2.45, 2.75) is 13.0 Å². The van der Waals surface area contributed by atoms with Crippen LogP contribution in [0.2, 0.25) is 0 Å². The van der Waals surface area contributed by atoms with Crippen LogP contribution in [0.4, 0.5) is 17.2 Å². The Morgan fingerprint density at radius 1 is 1.00 bits per heavy atom. The monoisotopic (exact) mass is 426 g/mol. The Labute approximate surface area is 187 Å². The minimum absolute atomic E-state index is 0.756. The van der Waals surface area contributed by atoms with E-state index in [0.29, 0.717) is 0 Å². The van der Waals surface area contributed by atoms with E-state index in [1.54, 1.807) is 0 Å². The van der Waals surface area contributed by atoms with Crippen LogP contribution in [-0.2, 0) is 17.7 Å². The maximum atomic E-state index is 5.46. The standard InChI is InChI=1S/C25H26N6O/c1-2-20-16-26-8-7-18(20)15-19(1)23-17-31-10-9-27-25(31)24(29-23)28-21-3-5-22(6-4-21)30-11-13-32-14-12-30/h1-6,9-10,15,17,26H,7-8,11-14,16H2,(H,28,29). The Hall–Kier alpha value is -3.42. The van der Waals surface area contributed by atoms with Gasteiger partial charge in [-0.15, -0.1) is 0 Å². The third-order valence-electron chi connectivity index (χ3n) is 6.27. The Morgan fingerprint density at radius 2 is 1.88 bits per heavy atom. The third kappa shape index (κ3) is 3.70. The molecule has 2 aromatic heterocycles. The van der Waals surface area contributed by atoms with Crippen LogP contribution in [0, 0.1) is 0 Å². The number of nitrogens with zero attached hydrogens (tertiary/aromatic N) is 4. The molecule has 0 spiro atoms. The molecule has 2 N–H and O–H groups in total. The number of benzene rings is 2. The number of aromatic nitrogens is 3. The highest BCUT2D eigenvalue weighted by atomic mass is 16.5. The zero-order valence-electron chi connectivity index (χ0n) is 17.9. The molecular weight excluding hydrogens is 400 g/mol. The fourth-order valence-corrected chi connectivity index (χ4v) is 4.51. The first kappa shape index (κ1) is 19.3. The molecule has 2 aliphatic heterocycles. The number of nitrogens with one attached hydrogen (secondary N) is 2. The summed E-state index contributed by atoms with van der Waals surface area (Å²) < 4.78 is 7.50. The fraction of sp³-hybridized carbons (Fsp3) is 0.280. The van der Waals surface area contributed by atoms with Gasteiger partial charge in [-0.3, -0.25) is 0 Å². The lowest BCUT2D eigenvalue weighted by atomic mass is 9.97. The summed E-state index contributed by atoms with van der Waals surface area (Å²) in [6.07, 6.45) is 6.89. The lowest BCUT2D eigenvalue weighted by Gasteiger charge is -2.28. The van der Waals surface area contributed by atoms with E-state index in [0.717, 1.165) is 74.2 Å². The largest absolute Gasteiger partial charge is 0.378 e. The zero-order valence-corrected chi connectivity index (χ0v) is 17.9. The molecular formula is C25H26N6O. The molecule has 0 aliphatic carbocycles. The number of hydrogen-bond acceptors (Lipinski definition) is 6. The van der Waals surface area contributed by atoms with Crippen molar-refractivity contribution in [2.24, 2.45) is 0 Å². The molecule has 7 nitrogen and oxygen atoms in total. The second-order valence-corrected chi connectivity index (χ2v) is 8.31. The molecule has 2 aliphatic rings. The normalized spacial score (nSPS) is 16.2. The zero-order chi connectivity index (χ0) is 21.3. The summed E-state index contributed by atoms with van der Waals surface area (Å²) in [5.41, 5.74) is 7.87. The van der Waals surface area contributed by atoms with Gasteiger partial charge in [0, 0.05) is 55.2 Å². The highest BCUT2D eigenvalue weighted by molar-refractivity contribution is 5.74. The minimum Gasteiger partial charge on any atom is -0.378 e. The van der Waals surface area contributed by atoms with Crippen molar-refractivity contribution in [1.82, 2.24) is 19.7 Å². The summed E-state index contributed by atoms with van der Waals surface area (Å²) in [6.45, 7) is 5.40. The second-order valence-electron chi connectivity index (χ2n) is 8.31. The van der Waals surface area contributed by atoms with E-state index in [2.05, 4.69) is 69.2 Å². The topological polar surface area (TPSA) is 66.7 Å². The molecule has 6 rings (SSSR count). The number of ether oxygens (including phenoxy) is 1. The maximum absolute atomic E-state index is 5.46. The van der Waals surface area contributed by atoms with E-state index in [1.807, 2.05) is 16.8 Å². The molecule has 0 atom stereocenters. The Balaban J connectivity index is 1.31. The van der Waals surface area contributed by atoms with Crippen molar-refractivity contribution >= 4 is 22.8 Å². The Morgan fingerprint density at radius 3 is 2.75 bits per heavy atom. The van der Waals surface area contributed by atoms with Crippen molar-refractivity contribution in [3.8, 4) is 11.3 Å². The molecule has 1 saturated heterocycles. The van der Waals surface area contributed by atoms with Gasteiger partial charge in [-0.25, -0.2) is 9.97 Å². The maximum Gasteiger partial charge on any atom is 0.180 e. The molecule has 4 aromatic rings. The average Bonchev–Trinajstić information content (AvgIpc) is 3.34. The van der Waals surface area contributed by atoms with Gasteiger partial charge in [-0.05, 0) is 54.4 Å². The lowest BCUT2D eigenvalue weighted by molar-refractivity contribution is 0.122. The van der Waals surface area contributed by atoms with E-state index in [1.165, 1.54) is 16.8 Å². The Bertz CT molecular complexity index is 1240. The predicted octanol–water partition coefficient (Wildman–Crippen LogP) is 3.62. The molecule has 7 heteroatoms. The number of anilines is 3. The summed E-state index contributed by atoms with van der Waals surface area (Å²) in [7, 11) is 0. The molecule has 0 saturated carbocycles. The molecule has 1 fully saturated rings. The number of fused-ring (bicyclic) bond motifs is 2. The number of hydrogen-bond donors (Lipinski definition) is 2. The van der Waals surface area contributed by atoms with E-state index in [4.69, 9.17) is 9.72 Å². The number of morpholine rings is 1. The molecule has 0 radical (unpaired) electrons. The van der Waals surface area contributed by atoms with Crippen LogP contribution in [0.1, 0.15) is 11.1 Å². The van der Waals surface area contributed by atoms with Gasteiger partial charge in [0.15, 0.2) is 11.5 Å². The van der Waals surface area contributed by atoms with E-state index < -0.39 is 0 Å². The summed E-state index contributed by atoms with van der Waals surface area (Å²) in [4.78, 5) is 11.8. The smallest absolute Gasteiger partial charge is 0.180 e. The van der Waals surface area contributed by atoms with Crippen molar-refractivity contribution in [2.75, 3.05) is 43.1 Å². The molecule has 0 unspecified atom stereocenters. The van der Waals surface area contributed by atoms with E-state index in [9.17, 15) is 0 Å². The van der Waals surface area contributed by atoms with Crippen LogP contribution >= 0.6 is 0 Å². The predicted molar refractivity (Wildman–Crippen MR) is 127 cm³/mol. The minimum atomic E-state index is 0.756. The van der Waals surface area contributed by atoms with E-state index >= 15 is 0 Å². The van der Waals surface area contributed by atoms with E-state index in [-0.39, 0.29) is 0 Å². The quantitative estimate of drug-likeness (QED) is 0.520. The van der Waals surface area contributed by atoms with Crippen LogP contribution in [0.25, 0.3) is 16.9 Å². The number of imidazole rings is 1. The first-order chi connectivity index (χ1) is 15.8. The summed E-state index contributed by atoms with van der Waals surface area (Å²) in [5, 5.41) is 6.92. The van der Waals surface area contributed by atoms with Gasteiger partial charge in [-0.1, -0.05) is 12.1 Å². The molecule has 0 bridgehead atoms. The average molecular weight is 427 g/mol. The molecule has 162 valence electrons. The number of rotatable bonds is 4. The fourth-order valence-electron chi connectivity index (χ4n) is 4.51. The molecule has 0 amide bonds. The summed E-state index contributed by atoms with van der Waals surface area (Å²) >= 11 is 0. The Kier molecular flexibility index (Phi) is 4.97. The summed E-state index contributed by atoms with van der Waals surface area (Å²) in [5.74, 6) is 0.756. The second kappa shape index (κ2) is 8.26. The molecule has 4 heterocycles. The van der Waals surface area contributed by atoms with Crippen molar-refractivity contribution in [3.05, 3.63) is 72.2 Å². The van der Waals surface area contributed by atoms with Gasteiger partial charge in [0.1, 0.15) is 0 Å². The van der Waals surface area contributed by atoms with Gasteiger partial charge in [0.2, 0.25) is 0 Å². The van der Waals surface area contributed by atoms with Crippen LogP contribution in [-0.4, -0.2) is 47.2 Å². The lowest BCUT2D eigenvalue weighted by Crippen LogP contribution is -2.36. The van der Waals surface area contributed by atoms with Gasteiger partial charge in [-0.2, -0.15) is 0 Å². The van der Waals surface area contributed by atoms with Crippen LogP contribution in [0.5, 0.6) is 0 Å². The SMILES string of the molecule is c1cn2cc(-c3ccc4c(c3)CCNC4)nc(Nc3ccc(N4CCOCC4)cc3)c2n1. The molecule has 2 aromatic carbocycles. The van der Waals surface area contributed by atoms with Gasteiger partial charge >= 0.3 is 0 Å². The first-order valence-electron chi connectivity index (χ1n) is 11.2. The van der Waals surface area contributed by atoms with Gasteiger partial charge in [0.05, 0.1) is 18.9 Å². The van der Waals surface area contributed by atoms with Crippen LogP contribution < -0.4 is 15.5 Å². The van der Waals surface area contributed by atoms with Gasteiger partial charge in [0.25, 0.3) is 0 Å². The van der Waals surface area contributed by atoms with Crippen LogP contribution in [0.3, 0.4) is 0 Å². The molecule has 32 heavy (non-hydrogen) atoms. The van der Waals surface area contributed by atoms with Crippen LogP contribution in [0.15, 0.2) is 61.1 Å². The highest BCUT2D eigenvalue weighted by Gasteiger charge is 2.14.